The van der Waals surface area contributed by atoms with Gasteiger partial charge in [0.05, 0.1) is 0 Å². The van der Waals surface area contributed by atoms with Crippen LogP contribution in [0.2, 0.25) is 0 Å². The topological polar surface area (TPSA) is 16.8 Å². The van der Waals surface area contributed by atoms with Gasteiger partial charge in [-0.25, -0.2) is 0 Å². The number of nitrogens with zero attached hydrogens (tertiary/aromatic N) is 2. The van der Waals surface area contributed by atoms with Crippen molar-refractivity contribution in [2.75, 3.05) is 0 Å². The van der Waals surface area contributed by atoms with E-state index in [-0.39, 0.29) is 5.41 Å². The van der Waals surface area contributed by atoms with Gasteiger partial charge in [0.2, 0.25) is 0 Å². The summed E-state index contributed by atoms with van der Waals surface area (Å²) in [6.07, 6.45) is 0. The van der Waals surface area contributed by atoms with Crippen LogP contribution in [-0.2, 0) is 18.2 Å². The van der Waals surface area contributed by atoms with E-state index in [0.29, 0.717) is 0 Å². The second-order valence-electron chi connectivity index (χ2n) is 7.19. The molecule has 0 atom stereocenters. The molecule has 0 radical (unpaired) electrons. The maximum atomic E-state index is 4.74. The largest absolute Gasteiger partial charge is 0.180 e. The molecule has 3 rings (SSSR count). The molecule has 0 N–H and O–H groups in total. The molecule has 0 unspecified atom stereocenters. The summed E-state index contributed by atoms with van der Waals surface area (Å²) in [5.74, 6) is 1.03. The highest BCUT2D eigenvalue weighted by Gasteiger charge is 2.28. The lowest BCUT2D eigenvalue weighted by molar-refractivity contribution is -0.664. The maximum Gasteiger partial charge on any atom is 0.180 e. The average molecular weight is 386 g/mol. The fraction of sp³-hybridized carbons (Fsp3) is 0.300. The first-order chi connectivity index (χ1) is 11.9. The Bertz CT molecular complexity index is 771. The average Bonchev–Trinajstić information content (AvgIpc) is 2.98. The number of rotatable bonds is 5. The molecule has 2 nitrogen and oxygen atoms in total. The molecule has 2 aromatic carbocycles. The highest BCUT2D eigenvalue weighted by atomic mass is 32.4. The van der Waals surface area contributed by atoms with E-state index < -0.39 is 7.95 Å². The Balaban J connectivity index is 1.88. The molecule has 1 aromatic heterocycles. The number of aryl methyl sites for hydroxylation is 1. The van der Waals surface area contributed by atoms with Crippen LogP contribution >= 0.6 is 22.7 Å². The van der Waals surface area contributed by atoms with E-state index in [9.17, 15) is 0 Å². The van der Waals surface area contributed by atoms with E-state index in [2.05, 4.69) is 92.6 Å². The first-order valence-electron chi connectivity index (χ1n) is 8.53. The first kappa shape index (κ1) is 18.4. The lowest BCUT2D eigenvalue weighted by Crippen LogP contribution is -2.39. The SMILES string of the molecule is C[n+]1nc(C(C)(C)C)c(CS[SiH](c2ccccc2)c2ccccc2)s1. The monoisotopic (exact) mass is 385 g/mol. The molecule has 0 amide bonds. The normalized spacial score (nSPS) is 11.9. The summed E-state index contributed by atoms with van der Waals surface area (Å²) in [6, 6.07) is 22.0. The van der Waals surface area contributed by atoms with Crippen molar-refractivity contribution in [1.82, 2.24) is 5.10 Å². The number of benzene rings is 2. The molecule has 0 saturated carbocycles. The minimum absolute atomic E-state index is 0.0875. The summed E-state index contributed by atoms with van der Waals surface area (Å²) < 4.78 is 2.00. The summed E-state index contributed by atoms with van der Waals surface area (Å²) in [6.45, 7) is 6.75. The molecule has 0 bridgehead atoms. The Morgan fingerprint density at radius 2 is 1.48 bits per heavy atom. The van der Waals surface area contributed by atoms with Crippen LogP contribution in [0.1, 0.15) is 31.3 Å². The van der Waals surface area contributed by atoms with Crippen molar-refractivity contribution in [2.45, 2.75) is 31.9 Å². The number of hydrogen-bond acceptors (Lipinski definition) is 3. The molecule has 25 heavy (non-hydrogen) atoms. The van der Waals surface area contributed by atoms with Crippen molar-refractivity contribution in [3.05, 3.63) is 71.2 Å². The Morgan fingerprint density at radius 1 is 0.960 bits per heavy atom. The zero-order valence-corrected chi connectivity index (χ0v) is 18.1. The van der Waals surface area contributed by atoms with Crippen LogP contribution < -0.4 is 14.4 Å². The molecular formula is C20H25N2S2Si+. The van der Waals surface area contributed by atoms with E-state index >= 15 is 0 Å². The first-order valence-corrected chi connectivity index (χ1v) is 12.9. The summed E-state index contributed by atoms with van der Waals surface area (Å²) in [5.41, 5.74) is 1.32. The van der Waals surface area contributed by atoms with Crippen LogP contribution in [0.4, 0.5) is 0 Å². The van der Waals surface area contributed by atoms with Gasteiger partial charge in [0.1, 0.15) is 10.6 Å². The quantitative estimate of drug-likeness (QED) is 0.496. The maximum absolute atomic E-state index is 4.74. The van der Waals surface area contributed by atoms with E-state index in [1.807, 2.05) is 11.1 Å². The van der Waals surface area contributed by atoms with Gasteiger partial charge in [-0.1, -0.05) is 81.4 Å². The molecule has 130 valence electrons. The second kappa shape index (κ2) is 7.85. The van der Waals surface area contributed by atoms with Gasteiger partial charge in [-0.05, 0) is 14.4 Å². The molecule has 0 aliphatic rings. The van der Waals surface area contributed by atoms with Gasteiger partial charge in [-0.2, -0.15) is 11.2 Å². The summed E-state index contributed by atoms with van der Waals surface area (Å²) in [5, 5.41) is 7.72. The Hall–Kier alpha value is -1.43. The zero-order valence-electron chi connectivity index (χ0n) is 15.3. The Labute approximate surface area is 160 Å². The van der Waals surface area contributed by atoms with Gasteiger partial charge in [0.25, 0.3) is 0 Å². The lowest BCUT2D eigenvalue weighted by atomic mass is 9.92. The van der Waals surface area contributed by atoms with Crippen LogP contribution in [0.25, 0.3) is 0 Å². The van der Waals surface area contributed by atoms with Gasteiger partial charge in [0.15, 0.2) is 26.5 Å². The van der Waals surface area contributed by atoms with Gasteiger partial charge in [0, 0.05) is 16.3 Å². The molecule has 0 aliphatic heterocycles. The minimum Gasteiger partial charge on any atom is -0.172 e. The van der Waals surface area contributed by atoms with Crippen molar-refractivity contribution >= 4 is 41.1 Å². The predicted octanol–water partition coefficient (Wildman–Crippen LogP) is 3.04. The third-order valence-electron chi connectivity index (χ3n) is 4.04. The molecule has 3 aromatic rings. The molecule has 0 spiro atoms. The van der Waals surface area contributed by atoms with Crippen LogP contribution in [0.15, 0.2) is 60.7 Å². The summed E-state index contributed by atoms with van der Waals surface area (Å²) >= 11 is 3.90. The Morgan fingerprint density at radius 3 is 1.96 bits per heavy atom. The van der Waals surface area contributed by atoms with Crippen molar-refractivity contribution in [1.29, 1.82) is 0 Å². The third kappa shape index (κ3) is 4.60. The van der Waals surface area contributed by atoms with Crippen LogP contribution in [-0.4, -0.2) is 13.0 Å². The van der Waals surface area contributed by atoms with Gasteiger partial charge in [-0.15, -0.1) is 0 Å². The standard InChI is InChI=1S/C20H25N2S2Si/c1-20(2,3)19-18(24-22(4)21-19)15-23-25(16-11-7-5-8-12-16)17-13-9-6-10-14-17/h5-14,25H,15H2,1-4H3/q+1. The highest BCUT2D eigenvalue weighted by molar-refractivity contribution is 8.27. The van der Waals surface area contributed by atoms with Gasteiger partial charge >= 0.3 is 0 Å². The molecule has 0 saturated heterocycles. The summed E-state index contributed by atoms with van der Waals surface area (Å²) in [4.78, 5) is 1.41. The van der Waals surface area contributed by atoms with E-state index in [0.717, 1.165) is 5.75 Å². The van der Waals surface area contributed by atoms with Crippen LogP contribution in [0.5, 0.6) is 0 Å². The molecule has 0 fully saturated rings. The van der Waals surface area contributed by atoms with Crippen molar-refractivity contribution < 1.29 is 4.07 Å². The second-order valence-corrected chi connectivity index (χ2v) is 13.5. The number of hydrogen-bond donors (Lipinski definition) is 0. The van der Waals surface area contributed by atoms with E-state index in [1.54, 1.807) is 11.5 Å². The smallest absolute Gasteiger partial charge is 0.172 e. The highest BCUT2D eigenvalue weighted by Crippen LogP contribution is 2.28. The predicted molar refractivity (Wildman–Crippen MR) is 113 cm³/mol. The van der Waals surface area contributed by atoms with Gasteiger partial charge in [-0.3, -0.25) is 0 Å². The fourth-order valence-corrected chi connectivity index (χ4v) is 10.0. The van der Waals surface area contributed by atoms with Crippen molar-refractivity contribution in [3.8, 4) is 0 Å². The Kier molecular flexibility index (Phi) is 5.77. The molecular weight excluding hydrogens is 360 g/mol. The fourth-order valence-electron chi connectivity index (χ4n) is 2.88. The lowest BCUT2D eigenvalue weighted by Gasteiger charge is -2.17. The van der Waals surface area contributed by atoms with Crippen LogP contribution in [0.3, 0.4) is 0 Å². The third-order valence-corrected chi connectivity index (χ3v) is 11.0. The van der Waals surface area contributed by atoms with Crippen LogP contribution in [0, 0.1) is 0 Å². The molecule has 0 aliphatic carbocycles. The van der Waals surface area contributed by atoms with E-state index in [4.69, 9.17) is 5.10 Å². The van der Waals surface area contributed by atoms with Gasteiger partial charge < -0.3 is 0 Å². The van der Waals surface area contributed by atoms with Crippen molar-refractivity contribution in [2.24, 2.45) is 7.05 Å². The number of aromatic nitrogens is 2. The summed E-state index contributed by atoms with van der Waals surface area (Å²) in [7, 11) is 0.740. The minimum atomic E-state index is -1.30. The molecule has 1 heterocycles. The molecule has 5 heteroatoms. The zero-order chi connectivity index (χ0) is 17.9. The van der Waals surface area contributed by atoms with Crippen molar-refractivity contribution in [3.63, 3.8) is 0 Å². The van der Waals surface area contributed by atoms with E-state index in [1.165, 1.54) is 20.9 Å².